The molecule has 0 bridgehead atoms. The number of rotatable bonds is 3. The lowest BCUT2D eigenvalue weighted by Gasteiger charge is -1.83. The van der Waals surface area contributed by atoms with Gasteiger partial charge in [-0.2, -0.15) is 0 Å². The fourth-order valence-corrected chi connectivity index (χ4v) is 0.714. The molecule has 0 aliphatic rings. The van der Waals surface area contributed by atoms with Gasteiger partial charge in [-0.3, -0.25) is 0 Å². The average Bonchev–Trinajstić information content (AvgIpc) is 1.64. The Morgan fingerprint density at radius 1 is 1.70 bits per heavy atom. The Morgan fingerprint density at radius 2 is 2.20 bits per heavy atom. The van der Waals surface area contributed by atoms with Crippen LogP contribution in [0.4, 0.5) is 0 Å². The average molecular weight is 179 g/mol. The highest BCUT2D eigenvalue weighted by Gasteiger charge is 2.01. The van der Waals surface area contributed by atoms with E-state index in [1.807, 2.05) is 0 Å². The van der Waals surface area contributed by atoms with Gasteiger partial charge in [0, 0.05) is 9.43 Å². The summed E-state index contributed by atoms with van der Waals surface area (Å²) in [6.07, 6.45) is 1.16. The molecule has 0 aromatic carbocycles. The minimum absolute atomic E-state index is 0. The summed E-state index contributed by atoms with van der Waals surface area (Å²) in [4.78, 5) is 2.12. The van der Waals surface area contributed by atoms with Crippen LogP contribution in [0.15, 0.2) is 17.2 Å². The summed E-state index contributed by atoms with van der Waals surface area (Å²) in [6.45, 7) is 3.17. The van der Waals surface area contributed by atoms with E-state index < -0.39 is 10.0 Å². The van der Waals surface area contributed by atoms with Crippen molar-refractivity contribution in [2.24, 2.45) is 4.52 Å². The first-order valence-electron chi connectivity index (χ1n) is 2.02. The molecule has 5 nitrogen and oxygen atoms in total. The van der Waals surface area contributed by atoms with Crippen LogP contribution in [0.2, 0.25) is 0 Å². The molecule has 0 amide bonds. The lowest BCUT2D eigenvalue weighted by Crippen LogP contribution is -1.96. The van der Waals surface area contributed by atoms with Gasteiger partial charge < -0.3 is 0 Å². The number of sulfonamides is 1. The first-order chi connectivity index (χ1) is 4.12. The Labute approximate surface area is 63.4 Å². The summed E-state index contributed by atoms with van der Waals surface area (Å²) in [5.74, 6) is -0.308. The molecule has 0 aliphatic carbocycles. The fraction of sp³-hybridized carbons (Fsp3) is 0.333. The molecule has 0 heterocycles. The molecular weight excluding hydrogens is 170 g/mol. The Balaban J connectivity index is 0. The van der Waals surface area contributed by atoms with Gasteiger partial charge in [0.2, 0.25) is 10.0 Å². The first kappa shape index (κ1) is 11.9. The van der Waals surface area contributed by atoms with E-state index in [-0.39, 0.29) is 16.7 Å². The van der Waals surface area contributed by atoms with Crippen LogP contribution in [0, 0.1) is 0 Å². The Hall–Kier alpha value is -0.783. The third-order valence-corrected chi connectivity index (χ3v) is 1.47. The second-order valence-corrected chi connectivity index (χ2v) is 2.87. The maximum atomic E-state index is 10.3. The van der Waals surface area contributed by atoms with Gasteiger partial charge in [0.05, 0.1) is 5.75 Å². The predicted octanol–water partition coefficient (Wildman–Crippen LogP) is -0.639. The molecule has 0 spiro atoms. The van der Waals surface area contributed by atoms with Gasteiger partial charge in [-0.05, 0) is 16.5 Å². The summed E-state index contributed by atoms with van der Waals surface area (Å²) in [7, 11) is -3.59. The van der Waals surface area contributed by atoms with E-state index >= 15 is 0 Å². The normalized spacial score (nSPS) is 8.80. The topological polar surface area (TPSA) is 82.9 Å². The van der Waals surface area contributed by atoms with Crippen molar-refractivity contribution in [2.75, 3.05) is 5.75 Å². The van der Waals surface area contributed by atoms with Gasteiger partial charge in [-0.1, -0.05) is 6.08 Å². The van der Waals surface area contributed by atoms with Crippen molar-refractivity contribution in [1.82, 2.24) is 0 Å². The lowest BCUT2D eigenvalue weighted by molar-refractivity contribution is 0.600. The SMILES string of the molecule is C=CCS(=O)(=O)N=[N+]=[N-].[SiH4]. The zero-order chi connectivity index (χ0) is 7.33. The quantitative estimate of drug-likeness (QED) is 0.190. The molecule has 0 aromatic rings. The van der Waals surface area contributed by atoms with Gasteiger partial charge in [0.1, 0.15) is 0 Å². The minimum atomic E-state index is -3.59. The van der Waals surface area contributed by atoms with Crippen molar-refractivity contribution in [1.29, 1.82) is 0 Å². The number of nitrogens with zero attached hydrogens (tertiary/aromatic N) is 3. The maximum absolute atomic E-state index is 10.3. The molecule has 0 N–H and O–H groups in total. The van der Waals surface area contributed by atoms with Crippen LogP contribution in [-0.4, -0.2) is 25.1 Å². The van der Waals surface area contributed by atoms with Crippen LogP contribution in [0.25, 0.3) is 10.4 Å². The standard InChI is InChI=1S/C3H5N3O2S.H4Si/c1-2-3-9(7,8)6-5-4;/h2H,1,3H2;1H4. The lowest BCUT2D eigenvalue weighted by atomic mass is 10.8. The number of hydrogen-bond donors (Lipinski definition) is 0. The first-order valence-corrected chi connectivity index (χ1v) is 3.63. The molecule has 7 heteroatoms. The second kappa shape index (κ2) is 5.04. The molecule has 0 unspecified atom stereocenters. The van der Waals surface area contributed by atoms with E-state index in [1.165, 1.54) is 0 Å². The molecule has 0 saturated heterocycles. The van der Waals surface area contributed by atoms with Crippen molar-refractivity contribution in [2.45, 2.75) is 0 Å². The van der Waals surface area contributed by atoms with Crippen molar-refractivity contribution >= 4 is 21.0 Å². The Bertz CT molecular complexity index is 240. The van der Waals surface area contributed by atoms with Crippen LogP contribution >= 0.6 is 0 Å². The van der Waals surface area contributed by atoms with Crippen molar-refractivity contribution in [3.63, 3.8) is 0 Å². The molecule has 0 atom stereocenters. The Kier molecular flexibility index (Phi) is 6.02. The molecule has 0 radical (unpaired) electrons. The largest absolute Gasteiger partial charge is 0.239 e. The number of hydrogen-bond acceptors (Lipinski definition) is 2. The highest BCUT2D eigenvalue weighted by Crippen LogP contribution is 1.90. The number of azide groups is 1. The molecule has 0 aromatic heterocycles. The van der Waals surface area contributed by atoms with Crippen molar-refractivity contribution in [3.8, 4) is 0 Å². The summed E-state index contributed by atoms with van der Waals surface area (Å²) in [6, 6.07) is 0. The van der Waals surface area contributed by atoms with Gasteiger partial charge in [-0.15, -0.1) is 6.58 Å². The van der Waals surface area contributed by atoms with Crippen molar-refractivity contribution < 1.29 is 8.42 Å². The van der Waals surface area contributed by atoms with E-state index in [1.54, 1.807) is 0 Å². The predicted molar refractivity (Wildman–Crippen MR) is 44.5 cm³/mol. The maximum Gasteiger partial charge on any atom is 0.239 e. The summed E-state index contributed by atoms with van der Waals surface area (Å²) in [5, 5.41) is 0. The molecule has 10 heavy (non-hydrogen) atoms. The molecule has 0 aliphatic heterocycles. The minimum Gasteiger partial charge on any atom is -0.221 e. The Morgan fingerprint density at radius 3 is 2.50 bits per heavy atom. The molecule has 0 rings (SSSR count). The monoisotopic (exact) mass is 179 g/mol. The van der Waals surface area contributed by atoms with Crippen LogP contribution in [0.1, 0.15) is 0 Å². The second-order valence-electron chi connectivity index (χ2n) is 1.21. The third kappa shape index (κ3) is 5.36. The van der Waals surface area contributed by atoms with E-state index in [4.69, 9.17) is 5.53 Å². The van der Waals surface area contributed by atoms with Crippen LogP contribution < -0.4 is 0 Å². The molecule has 58 valence electrons. The summed E-state index contributed by atoms with van der Waals surface area (Å²) < 4.78 is 23.2. The van der Waals surface area contributed by atoms with Gasteiger partial charge in [-0.25, -0.2) is 8.42 Å². The highest BCUT2D eigenvalue weighted by molar-refractivity contribution is 7.90. The van der Waals surface area contributed by atoms with E-state index in [9.17, 15) is 8.42 Å². The zero-order valence-electron chi connectivity index (χ0n) is 4.56. The van der Waals surface area contributed by atoms with Crippen molar-refractivity contribution in [3.05, 3.63) is 23.1 Å². The zero-order valence-corrected chi connectivity index (χ0v) is 5.37. The van der Waals surface area contributed by atoms with Crippen LogP contribution in [0.5, 0.6) is 0 Å². The smallest absolute Gasteiger partial charge is 0.221 e. The van der Waals surface area contributed by atoms with Crippen LogP contribution in [-0.2, 0) is 10.0 Å². The van der Waals surface area contributed by atoms with Gasteiger partial charge in [0.15, 0.2) is 0 Å². The van der Waals surface area contributed by atoms with Crippen LogP contribution in [0.3, 0.4) is 0 Å². The fourth-order valence-electron chi connectivity index (χ4n) is 0.238. The molecule has 0 saturated carbocycles. The summed E-state index contributed by atoms with van der Waals surface area (Å²) in [5.41, 5.74) is 7.67. The van der Waals surface area contributed by atoms with E-state index in [0.717, 1.165) is 6.08 Å². The van der Waals surface area contributed by atoms with E-state index in [0.29, 0.717) is 0 Å². The molecular formula is C3H9N3O2SSi. The highest BCUT2D eigenvalue weighted by atomic mass is 32.2. The third-order valence-electron chi connectivity index (χ3n) is 0.489. The molecule has 0 fully saturated rings. The van der Waals surface area contributed by atoms with Gasteiger partial charge in [0.25, 0.3) is 0 Å². The summed E-state index contributed by atoms with van der Waals surface area (Å²) >= 11 is 0. The van der Waals surface area contributed by atoms with Gasteiger partial charge >= 0.3 is 0 Å². The van der Waals surface area contributed by atoms with E-state index in [2.05, 4.69) is 16.0 Å².